The Bertz CT molecular complexity index is 1010. The van der Waals surface area contributed by atoms with Crippen LogP contribution in [0.3, 0.4) is 0 Å². The van der Waals surface area contributed by atoms with Crippen LogP contribution in [0.2, 0.25) is 0 Å². The second-order valence-electron chi connectivity index (χ2n) is 5.93. The van der Waals surface area contributed by atoms with E-state index in [9.17, 15) is 4.79 Å². The maximum atomic E-state index is 12.2. The second kappa shape index (κ2) is 7.28. The number of nitrogens with zero attached hydrogens (tertiary/aromatic N) is 4. The number of benzene rings is 2. The molecule has 0 saturated heterocycles. The Labute approximate surface area is 155 Å². The van der Waals surface area contributed by atoms with Gasteiger partial charge in [0, 0.05) is 24.4 Å². The van der Waals surface area contributed by atoms with Crippen LogP contribution in [-0.2, 0) is 11.8 Å². The van der Waals surface area contributed by atoms with E-state index in [2.05, 4.69) is 20.8 Å². The Hall–Kier alpha value is -3.68. The quantitative estimate of drug-likeness (QED) is 0.715. The van der Waals surface area contributed by atoms with Crippen LogP contribution in [0, 0.1) is 0 Å². The molecule has 1 N–H and O–H groups in total. The van der Waals surface area contributed by atoms with Crippen molar-refractivity contribution >= 4 is 17.7 Å². The summed E-state index contributed by atoms with van der Waals surface area (Å²) in [7, 11) is 1.76. The van der Waals surface area contributed by atoms with Gasteiger partial charge in [0.2, 0.25) is 5.91 Å². The molecule has 0 fully saturated rings. The van der Waals surface area contributed by atoms with Crippen LogP contribution in [0.15, 0.2) is 48.5 Å². The summed E-state index contributed by atoms with van der Waals surface area (Å²) < 4.78 is 12.6. The fourth-order valence-electron chi connectivity index (χ4n) is 2.73. The summed E-state index contributed by atoms with van der Waals surface area (Å²) in [6.07, 6.45) is 3.20. The van der Waals surface area contributed by atoms with E-state index in [4.69, 9.17) is 9.47 Å². The molecule has 8 heteroatoms. The molecule has 1 aromatic heterocycles. The third kappa shape index (κ3) is 3.79. The number of fused-ring (bicyclic) bond motifs is 1. The summed E-state index contributed by atoms with van der Waals surface area (Å²) in [5.41, 5.74) is 2.33. The SMILES string of the molecule is Cn1nnnc1-c1cccc(NC(=O)/C=C/c2ccc3c(c2)OCCO3)c1. The highest BCUT2D eigenvalue weighted by molar-refractivity contribution is 6.02. The van der Waals surface area contributed by atoms with E-state index in [-0.39, 0.29) is 5.91 Å². The second-order valence-corrected chi connectivity index (χ2v) is 5.93. The third-order valence-corrected chi connectivity index (χ3v) is 4.00. The van der Waals surface area contributed by atoms with Crippen molar-refractivity contribution in [1.82, 2.24) is 20.2 Å². The van der Waals surface area contributed by atoms with Gasteiger partial charge in [-0.3, -0.25) is 4.79 Å². The number of amides is 1. The standard InChI is InChI=1S/C19H17N5O3/c1-24-19(21-22-23-24)14-3-2-4-15(12-14)20-18(25)8-6-13-5-7-16-17(11-13)27-10-9-26-16/h2-8,11-12H,9-10H2,1H3,(H,20,25)/b8-6+. The van der Waals surface area contributed by atoms with Crippen LogP contribution in [0.4, 0.5) is 5.69 Å². The van der Waals surface area contributed by atoms with Gasteiger partial charge in [0.15, 0.2) is 17.3 Å². The summed E-state index contributed by atoms with van der Waals surface area (Å²) in [6.45, 7) is 1.08. The first-order chi connectivity index (χ1) is 13.2. The molecule has 1 amide bonds. The lowest BCUT2D eigenvalue weighted by atomic mass is 10.1. The highest BCUT2D eigenvalue weighted by Gasteiger charge is 2.11. The molecule has 8 nitrogen and oxygen atoms in total. The van der Waals surface area contributed by atoms with E-state index < -0.39 is 0 Å². The number of nitrogens with one attached hydrogen (secondary N) is 1. The molecule has 0 atom stereocenters. The van der Waals surface area contributed by atoms with Crippen molar-refractivity contribution in [3.8, 4) is 22.9 Å². The predicted molar refractivity (Wildman–Crippen MR) is 99.3 cm³/mol. The minimum absolute atomic E-state index is 0.238. The lowest BCUT2D eigenvalue weighted by Gasteiger charge is -2.18. The number of hydrogen-bond donors (Lipinski definition) is 1. The van der Waals surface area contributed by atoms with Gasteiger partial charge in [-0.2, -0.15) is 0 Å². The van der Waals surface area contributed by atoms with Crippen LogP contribution < -0.4 is 14.8 Å². The smallest absolute Gasteiger partial charge is 0.248 e. The molecule has 1 aliphatic heterocycles. The highest BCUT2D eigenvalue weighted by Crippen LogP contribution is 2.31. The van der Waals surface area contributed by atoms with Crippen LogP contribution in [0.1, 0.15) is 5.56 Å². The summed E-state index contributed by atoms with van der Waals surface area (Å²) in [6, 6.07) is 12.9. The number of aryl methyl sites for hydroxylation is 1. The van der Waals surface area contributed by atoms with Crippen molar-refractivity contribution in [2.75, 3.05) is 18.5 Å². The first-order valence-corrected chi connectivity index (χ1v) is 8.40. The molecule has 0 radical (unpaired) electrons. The molecule has 2 heterocycles. The minimum Gasteiger partial charge on any atom is -0.486 e. The first kappa shape index (κ1) is 16.8. The largest absolute Gasteiger partial charge is 0.486 e. The maximum Gasteiger partial charge on any atom is 0.248 e. The lowest BCUT2D eigenvalue weighted by Crippen LogP contribution is -2.15. The van der Waals surface area contributed by atoms with Gasteiger partial charge in [-0.05, 0) is 46.3 Å². The Morgan fingerprint density at radius 3 is 2.81 bits per heavy atom. The van der Waals surface area contributed by atoms with Gasteiger partial charge in [-0.1, -0.05) is 18.2 Å². The lowest BCUT2D eigenvalue weighted by molar-refractivity contribution is -0.111. The molecule has 1 aliphatic rings. The molecule has 4 rings (SSSR count). The number of carbonyl (C=O) groups excluding carboxylic acids is 1. The number of ether oxygens (including phenoxy) is 2. The first-order valence-electron chi connectivity index (χ1n) is 8.40. The fraction of sp³-hybridized carbons (Fsp3) is 0.158. The molecule has 0 spiro atoms. The molecule has 2 aromatic carbocycles. The summed E-state index contributed by atoms with van der Waals surface area (Å²) in [5.74, 6) is 1.79. The Kier molecular flexibility index (Phi) is 4.52. The maximum absolute atomic E-state index is 12.2. The number of aromatic nitrogens is 4. The topological polar surface area (TPSA) is 91.2 Å². The van der Waals surface area contributed by atoms with Crippen molar-refractivity contribution in [3.05, 3.63) is 54.1 Å². The third-order valence-electron chi connectivity index (χ3n) is 4.00. The molecule has 27 heavy (non-hydrogen) atoms. The Morgan fingerprint density at radius 2 is 2.00 bits per heavy atom. The van der Waals surface area contributed by atoms with Crippen molar-refractivity contribution in [2.45, 2.75) is 0 Å². The van der Waals surface area contributed by atoms with Gasteiger partial charge >= 0.3 is 0 Å². The average Bonchev–Trinajstić information content (AvgIpc) is 3.12. The molecular formula is C19H17N5O3. The normalized spacial score (nSPS) is 12.9. The molecule has 3 aromatic rings. The molecule has 136 valence electrons. The van der Waals surface area contributed by atoms with Gasteiger partial charge in [-0.25, -0.2) is 4.68 Å². The summed E-state index contributed by atoms with van der Waals surface area (Å²) in [4.78, 5) is 12.2. The van der Waals surface area contributed by atoms with Gasteiger partial charge in [0.25, 0.3) is 0 Å². The van der Waals surface area contributed by atoms with Crippen LogP contribution >= 0.6 is 0 Å². The van der Waals surface area contributed by atoms with E-state index in [1.807, 2.05) is 42.5 Å². The number of hydrogen-bond acceptors (Lipinski definition) is 6. The van der Waals surface area contributed by atoms with Crippen molar-refractivity contribution in [3.63, 3.8) is 0 Å². The van der Waals surface area contributed by atoms with Crippen molar-refractivity contribution in [2.24, 2.45) is 7.05 Å². The number of anilines is 1. The van der Waals surface area contributed by atoms with Gasteiger partial charge < -0.3 is 14.8 Å². The zero-order chi connectivity index (χ0) is 18.6. The Balaban J connectivity index is 1.45. The van der Waals surface area contributed by atoms with E-state index >= 15 is 0 Å². The number of carbonyl (C=O) groups is 1. The Morgan fingerprint density at radius 1 is 1.15 bits per heavy atom. The van der Waals surface area contributed by atoms with Crippen LogP contribution in [0.25, 0.3) is 17.5 Å². The summed E-state index contributed by atoms with van der Waals surface area (Å²) >= 11 is 0. The van der Waals surface area contributed by atoms with Crippen LogP contribution in [-0.4, -0.2) is 39.3 Å². The fourth-order valence-corrected chi connectivity index (χ4v) is 2.73. The number of tetrazole rings is 1. The molecule has 0 bridgehead atoms. The van der Waals surface area contributed by atoms with E-state index in [0.29, 0.717) is 30.5 Å². The summed E-state index contributed by atoms with van der Waals surface area (Å²) in [5, 5.41) is 14.2. The van der Waals surface area contributed by atoms with Crippen molar-refractivity contribution < 1.29 is 14.3 Å². The number of rotatable bonds is 4. The van der Waals surface area contributed by atoms with Crippen molar-refractivity contribution in [1.29, 1.82) is 0 Å². The van der Waals surface area contributed by atoms with Crippen LogP contribution in [0.5, 0.6) is 11.5 Å². The highest BCUT2D eigenvalue weighted by atomic mass is 16.6. The monoisotopic (exact) mass is 363 g/mol. The average molecular weight is 363 g/mol. The molecular weight excluding hydrogens is 346 g/mol. The zero-order valence-corrected chi connectivity index (χ0v) is 14.6. The van der Waals surface area contributed by atoms with Gasteiger partial charge in [0.05, 0.1) is 0 Å². The van der Waals surface area contributed by atoms with Gasteiger partial charge in [-0.15, -0.1) is 5.10 Å². The molecule has 0 saturated carbocycles. The molecule has 0 unspecified atom stereocenters. The van der Waals surface area contributed by atoms with E-state index in [1.54, 1.807) is 17.8 Å². The van der Waals surface area contributed by atoms with E-state index in [0.717, 1.165) is 16.9 Å². The predicted octanol–water partition coefficient (Wildman–Crippen LogP) is 2.30. The van der Waals surface area contributed by atoms with Gasteiger partial charge in [0.1, 0.15) is 13.2 Å². The minimum atomic E-state index is -0.238. The van der Waals surface area contributed by atoms with E-state index in [1.165, 1.54) is 6.08 Å². The molecule has 0 aliphatic carbocycles. The zero-order valence-electron chi connectivity index (χ0n) is 14.6.